The first-order valence-corrected chi connectivity index (χ1v) is 7.45. The van der Waals surface area contributed by atoms with E-state index in [2.05, 4.69) is 12.1 Å². The summed E-state index contributed by atoms with van der Waals surface area (Å²) >= 11 is 0. The van der Waals surface area contributed by atoms with Gasteiger partial charge in [-0.3, -0.25) is 4.79 Å². The minimum absolute atomic E-state index is 0.0545. The molecule has 1 aromatic rings. The molecule has 4 heteroatoms. The lowest BCUT2D eigenvalue weighted by Gasteiger charge is -2.33. The van der Waals surface area contributed by atoms with Crippen molar-refractivity contribution in [3.05, 3.63) is 41.0 Å². The van der Waals surface area contributed by atoms with E-state index >= 15 is 0 Å². The quantitative estimate of drug-likeness (QED) is 0.928. The molecule has 1 aliphatic heterocycles. The van der Waals surface area contributed by atoms with Gasteiger partial charge in [0.05, 0.1) is 0 Å². The molecule has 0 aromatic heterocycles. The minimum atomic E-state index is -0.883. The molecule has 3 rings (SSSR count). The summed E-state index contributed by atoms with van der Waals surface area (Å²) in [7, 11) is 0. The summed E-state index contributed by atoms with van der Waals surface area (Å²) in [6.45, 7) is 0.566. The highest BCUT2D eigenvalue weighted by Crippen LogP contribution is 2.28. The molecule has 1 aromatic carbocycles. The van der Waals surface area contributed by atoms with Crippen LogP contribution in [0.2, 0.25) is 0 Å². The van der Waals surface area contributed by atoms with Gasteiger partial charge >= 0.3 is 5.97 Å². The zero-order valence-electron chi connectivity index (χ0n) is 11.9. The first-order chi connectivity index (χ1) is 10.1. The van der Waals surface area contributed by atoms with Gasteiger partial charge in [0.15, 0.2) is 0 Å². The summed E-state index contributed by atoms with van der Waals surface area (Å²) in [4.78, 5) is 25.3. The zero-order valence-corrected chi connectivity index (χ0v) is 11.9. The zero-order chi connectivity index (χ0) is 14.8. The number of rotatable bonds is 3. The third-order valence-corrected chi connectivity index (χ3v) is 4.32. The van der Waals surface area contributed by atoms with Gasteiger partial charge < -0.3 is 10.0 Å². The molecule has 0 bridgehead atoms. The fourth-order valence-electron chi connectivity index (χ4n) is 3.25. The highest BCUT2D eigenvalue weighted by molar-refractivity contribution is 5.86. The van der Waals surface area contributed by atoms with E-state index in [4.69, 9.17) is 0 Å². The molecule has 4 nitrogen and oxygen atoms in total. The second kappa shape index (κ2) is 5.72. The molecule has 1 fully saturated rings. The van der Waals surface area contributed by atoms with Crippen molar-refractivity contribution in [1.82, 2.24) is 4.90 Å². The van der Waals surface area contributed by atoms with Gasteiger partial charge in [-0.05, 0) is 36.8 Å². The number of carbonyl (C=O) groups is 2. The number of carboxylic acid groups (broad SMARTS) is 1. The van der Waals surface area contributed by atoms with Crippen molar-refractivity contribution in [3.8, 4) is 0 Å². The number of nitrogens with zero attached hydrogens (tertiary/aromatic N) is 1. The van der Waals surface area contributed by atoms with E-state index in [1.165, 1.54) is 11.1 Å². The molecule has 0 saturated carbocycles. The number of likely N-dealkylation sites (tertiary alicyclic amines) is 1. The standard InChI is InChI=1S/C17H19NO3/c19-16(18-8-4-3-7-15(18)17(20)21)11-12-9-13-5-1-2-6-14(13)10-12/h1-2,5-6,9,15H,3-4,7-8,10-11H2,(H,20,21). The number of carboxylic acids is 1. The average Bonchev–Trinajstić information content (AvgIpc) is 2.89. The number of aliphatic carboxylic acids is 1. The maximum absolute atomic E-state index is 12.4. The van der Waals surface area contributed by atoms with Crippen molar-refractivity contribution in [2.75, 3.05) is 6.54 Å². The summed E-state index contributed by atoms with van der Waals surface area (Å²) in [5, 5.41) is 9.25. The van der Waals surface area contributed by atoms with Crippen molar-refractivity contribution >= 4 is 18.0 Å². The van der Waals surface area contributed by atoms with Crippen LogP contribution in [0.15, 0.2) is 29.8 Å². The number of carbonyl (C=O) groups excluding carboxylic acids is 1. The Bertz CT molecular complexity index is 606. The summed E-state index contributed by atoms with van der Waals surface area (Å²) in [6, 6.07) is 7.47. The third-order valence-electron chi connectivity index (χ3n) is 4.32. The predicted molar refractivity (Wildman–Crippen MR) is 79.7 cm³/mol. The Morgan fingerprint density at radius 2 is 2.05 bits per heavy atom. The summed E-state index contributed by atoms with van der Waals surface area (Å²) in [6.07, 6.45) is 5.54. The molecule has 110 valence electrons. The molecule has 2 aliphatic rings. The molecule has 21 heavy (non-hydrogen) atoms. The van der Waals surface area contributed by atoms with Crippen molar-refractivity contribution in [3.63, 3.8) is 0 Å². The lowest BCUT2D eigenvalue weighted by Crippen LogP contribution is -2.48. The van der Waals surface area contributed by atoms with Gasteiger partial charge in [0.1, 0.15) is 6.04 Å². The van der Waals surface area contributed by atoms with Gasteiger partial charge in [-0.25, -0.2) is 4.79 Å². The maximum Gasteiger partial charge on any atom is 0.326 e. The highest BCUT2D eigenvalue weighted by atomic mass is 16.4. The minimum Gasteiger partial charge on any atom is -0.480 e. The van der Waals surface area contributed by atoms with Gasteiger partial charge in [-0.2, -0.15) is 0 Å². The first kappa shape index (κ1) is 13.9. The van der Waals surface area contributed by atoms with Gasteiger partial charge in [0, 0.05) is 13.0 Å². The first-order valence-electron chi connectivity index (χ1n) is 7.45. The van der Waals surface area contributed by atoms with Crippen LogP contribution in [-0.4, -0.2) is 34.5 Å². The third kappa shape index (κ3) is 2.84. The Labute approximate surface area is 124 Å². The summed E-state index contributed by atoms with van der Waals surface area (Å²) in [5.41, 5.74) is 3.50. The largest absolute Gasteiger partial charge is 0.480 e. The molecule has 1 heterocycles. The monoisotopic (exact) mass is 285 g/mol. The number of benzene rings is 1. The molecular weight excluding hydrogens is 266 g/mol. The molecule has 1 amide bonds. The van der Waals surface area contributed by atoms with Gasteiger partial charge in [0.2, 0.25) is 5.91 Å². The highest BCUT2D eigenvalue weighted by Gasteiger charge is 2.32. The van der Waals surface area contributed by atoms with Gasteiger partial charge in [0.25, 0.3) is 0 Å². The molecule has 1 aliphatic carbocycles. The Hall–Kier alpha value is -2.10. The number of fused-ring (bicyclic) bond motifs is 1. The van der Waals surface area contributed by atoms with Crippen molar-refractivity contribution in [2.45, 2.75) is 38.1 Å². The van der Waals surface area contributed by atoms with E-state index in [1.807, 2.05) is 18.2 Å². The predicted octanol–water partition coefficient (Wildman–Crippen LogP) is 2.48. The van der Waals surface area contributed by atoms with E-state index in [0.29, 0.717) is 19.4 Å². The summed E-state index contributed by atoms with van der Waals surface area (Å²) < 4.78 is 0. The Kier molecular flexibility index (Phi) is 3.78. The van der Waals surface area contributed by atoms with Crippen LogP contribution in [0.5, 0.6) is 0 Å². The second-order valence-corrected chi connectivity index (χ2v) is 5.79. The fourth-order valence-corrected chi connectivity index (χ4v) is 3.25. The molecule has 1 unspecified atom stereocenters. The van der Waals surface area contributed by atoms with Crippen LogP contribution in [0.1, 0.15) is 36.8 Å². The van der Waals surface area contributed by atoms with Crippen molar-refractivity contribution in [2.24, 2.45) is 0 Å². The van der Waals surface area contributed by atoms with E-state index in [0.717, 1.165) is 24.8 Å². The molecule has 0 radical (unpaired) electrons. The number of hydrogen-bond acceptors (Lipinski definition) is 2. The van der Waals surface area contributed by atoms with Crippen LogP contribution in [0.25, 0.3) is 6.08 Å². The van der Waals surface area contributed by atoms with Crippen LogP contribution in [0.4, 0.5) is 0 Å². The topological polar surface area (TPSA) is 57.6 Å². The average molecular weight is 285 g/mol. The van der Waals surface area contributed by atoms with Crippen molar-refractivity contribution in [1.29, 1.82) is 0 Å². The fraction of sp³-hybridized carbons (Fsp3) is 0.412. The molecular formula is C17H19NO3. The smallest absolute Gasteiger partial charge is 0.326 e. The lowest BCUT2D eigenvalue weighted by atomic mass is 10.0. The van der Waals surface area contributed by atoms with Crippen LogP contribution in [-0.2, 0) is 16.0 Å². The van der Waals surface area contributed by atoms with E-state index in [9.17, 15) is 14.7 Å². The molecule has 1 N–H and O–H groups in total. The molecule has 0 spiro atoms. The molecule has 1 saturated heterocycles. The normalized spacial score (nSPS) is 20.9. The summed E-state index contributed by atoms with van der Waals surface area (Å²) in [5.74, 6) is -0.937. The van der Waals surface area contributed by atoms with Crippen LogP contribution in [0, 0.1) is 0 Å². The number of amides is 1. The van der Waals surface area contributed by atoms with Crippen LogP contribution in [0.3, 0.4) is 0 Å². The van der Waals surface area contributed by atoms with E-state index in [1.54, 1.807) is 4.90 Å². The Morgan fingerprint density at radius 3 is 2.81 bits per heavy atom. The number of piperidine rings is 1. The van der Waals surface area contributed by atoms with E-state index < -0.39 is 12.0 Å². The van der Waals surface area contributed by atoms with Gasteiger partial charge in [-0.15, -0.1) is 0 Å². The van der Waals surface area contributed by atoms with E-state index in [-0.39, 0.29) is 5.91 Å². The Morgan fingerprint density at radius 1 is 1.24 bits per heavy atom. The van der Waals surface area contributed by atoms with Crippen LogP contribution >= 0.6 is 0 Å². The lowest BCUT2D eigenvalue weighted by molar-refractivity contribution is -0.151. The Balaban J connectivity index is 1.68. The van der Waals surface area contributed by atoms with Gasteiger partial charge in [-0.1, -0.05) is 35.9 Å². The SMILES string of the molecule is O=C(O)C1CCCCN1C(=O)CC1=Cc2ccccc2C1. The van der Waals surface area contributed by atoms with Crippen LogP contribution < -0.4 is 0 Å². The number of hydrogen-bond donors (Lipinski definition) is 1. The maximum atomic E-state index is 12.4. The second-order valence-electron chi connectivity index (χ2n) is 5.79. The molecule has 1 atom stereocenters. The van der Waals surface area contributed by atoms with Crippen molar-refractivity contribution < 1.29 is 14.7 Å².